The van der Waals surface area contributed by atoms with Gasteiger partial charge in [0.2, 0.25) is 0 Å². The molecular formula is C44H29N5. The van der Waals surface area contributed by atoms with Crippen LogP contribution in [-0.2, 0) is 0 Å². The van der Waals surface area contributed by atoms with Crippen molar-refractivity contribution in [3.63, 3.8) is 0 Å². The van der Waals surface area contributed by atoms with Gasteiger partial charge in [-0.1, -0.05) is 97.1 Å². The van der Waals surface area contributed by atoms with Crippen LogP contribution in [0.25, 0.3) is 82.7 Å². The van der Waals surface area contributed by atoms with Crippen LogP contribution >= 0.6 is 0 Å². The highest BCUT2D eigenvalue weighted by atomic mass is 15.1. The van der Waals surface area contributed by atoms with Crippen molar-refractivity contribution in [3.8, 4) is 17.3 Å². The molecule has 0 aliphatic carbocycles. The number of para-hydroxylation sites is 3. The minimum atomic E-state index is 0.872. The number of aromatic nitrogens is 5. The number of fused-ring (bicyclic) bond motifs is 7. The summed E-state index contributed by atoms with van der Waals surface area (Å²) in [6, 6.07) is 58.3. The van der Waals surface area contributed by atoms with E-state index in [-0.39, 0.29) is 0 Å². The fourth-order valence-corrected chi connectivity index (χ4v) is 7.39. The molecule has 0 spiro atoms. The van der Waals surface area contributed by atoms with Crippen LogP contribution in [0, 0.1) is 0 Å². The van der Waals surface area contributed by atoms with Crippen molar-refractivity contribution in [2.75, 3.05) is 0 Å². The first-order chi connectivity index (χ1) is 24.3. The van der Waals surface area contributed by atoms with Crippen LogP contribution in [0.15, 0.2) is 176 Å². The summed E-state index contributed by atoms with van der Waals surface area (Å²) in [4.78, 5) is 9.63. The molecule has 5 nitrogen and oxygen atoms in total. The molecule has 49 heavy (non-hydrogen) atoms. The molecule has 0 aliphatic rings. The van der Waals surface area contributed by atoms with Crippen molar-refractivity contribution in [2.45, 2.75) is 0 Å². The summed E-state index contributed by atoms with van der Waals surface area (Å²) in [7, 11) is 0. The molecule has 0 bridgehead atoms. The Morgan fingerprint density at radius 1 is 0.306 bits per heavy atom. The summed E-state index contributed by atoms with van der Waals surface area (Å²) in [5.74, 6) is 1.77. The Labute approximate surface area is 281 Å². The zero-order valence-corrected chi connectivity index (χ0v) is 26.5. The second-order valence-corrected chi connectivity index (χ2v) is 12.4. The highest BCUT2D eigenvalue weighted by Crippen LogP contribution is 2.35. The average Bonchev–Trinajstić information content (AvgIpc) is 3.28. The smallest absolute Gasteiger partial charge is 0.137 e. The molecule has 10 rings (SSSR count). The first kappa shape index (κ1) is 27.4. The fourth-order valence-electron chi connectivity index (χ4n) is 7.39. The van der Waals surface area contributed by atoms with Gasteiger partial charge in [-0.15, -0.1) is 0 Å². The van der Waals surface area contributed by atoms with E-state index in [1.54, 1.807) is 0 Å². The van der Waals surface area contributed by atoms with E-state index in [4.69, 9.17) is 9.97 Å². The van der Waals surface area contributed by atoms with Gasteiger partial charge >= 0.3 is 0 Å². The second-order valence-electron chi connectivity index (χ2n) is 12.4. The molecule has 0 amide bonds. The molecule has 5 heterocycles. The molecule has 0 saturated heterocycles. The van der Waals surface area contributed by atoms with E-state index in [1.807, 2.05) is 36.7 Å². The Morgan fingerprint density at radius 3 is 1.47 bits per heavy atom. The van der Waals surface area contributed by atoms with Crippen LogP contribution in [0.1, 0.15) is 0 Å². The maximum atomic E-state index is 4.84. The van der Waals surface area contributed by atoms with Gasteiger partial charge in [0.25, 0.3) is 0 Å². The van der Waals surface area contributed by atoms with Crippen molar-refractivity contribution in [2.24, 2.45) is 0 Å². The van der Waals surface area contributed by atoms with E-state index in [0.29, 0.717) is 0 Å². The Kier molecular flexibility index (Phi) is 6.11. The minimum Gasteiger partial charge on any atom is -0.309 e. The molecule has 10 aromatic rings. The monoisotopic (exact) mass is 627 g/mol. The average molecular weight is 628 g/mol. The topological polar surface area (TPSA) is 40.6 Å². The third kappa shape index (κ3) is 4.33. The van der Waals surface area contributed by atoms with Crippen LogP contribution in [0.3, 0.4) is 0 Å². The van der Waals surface area contributed by atoms with Gasteiger partial charge in [0.05, 0.1) is 33.1 Å². The number of rotatable bonds is 3. The lowest BCUT2D eigenvalue weighted by molar-refractivity contribution is 1.07. The van der Waals surface area contributed by atoms with Gasteiger partial charge in [-0.3, -0.25) is 9.13 Å². The maximum Gasteiger partial charge on any atom is 0.137 e. The van der Waals surface area contributed by atoms with Crippen LogP contribution < -0.4 is 0 Å². The zero-order valence-electron chi connectivity index (χ0n) is 26.5. The first-order valence-corrected chi connectivity index (χ1v) is 16.5. The summed E-state index contributed by atoms with van der Waals surface area (Å²) in [6.07, 6.45) is 3.72. The Bertz CT molecular complexity index is 2930. The first-order valence-electron chi connectivity index (χ1n) is 16.5. The number of nitrogens with zero attached hydrogens (tertiary/aromatic N) is 5. The van der Waals surface area contributed by atoms with Gasteiger partial charge in [0.1, 0.15) is 11.6 Å². The summed E-state index contributed by atoms with van der Waals surface area (Å²) >= 11 is 0. The minimum absolute atomic E-state index is 0.872. The number of hydrogen-bond donors (Lipinski definition) is 0. The summed E-state index contributed by atoms with van der Waals surface area (Å²) < 4.78 is 6.96. The van der Waals surface area contributed by atoms with Crippen LogP contribution in [0.4, 0.5) is 0 Å². The molecule has 0 N–H and O–H groups in total. The summed E-state index contributed by atoms with van der Waals surface area (Å²) in [5, 5.41) is 6.96. The Morgan fingerprint density at radius 2 is 0.816 bits per heavy atom. The normalized spacial score (nSPS) is 11.7. The molecule has 230 valence electrons. The quantitative estimate of drug-likeness (QED) is 0.196. The lowest BCUT2D eigenvalue weighted by Gasteiger charge is -2.15. The molecular weight excluding hydrogens is 599 g/mol. The highest BCUT2D eigenvalue weighted by Gasteiger charge is 2.16. The van der Waals surface area contributed by atoms with Crippen LogP contribution in [-0.4, -0.2) is 23.7 Å². The molecule has 0 radical (unpaired) electrons. The third-order valence-electron chi connectivity index (χ3n) is 9.57. The Hall–Kier alpha value is -6.72. The molecule has 5 aromatic heterocycles. The number of benzene rings is 5. The van der Waals surface area contributed by atoms with Gasteiger partial charge in [-0.05, 0) is 88.3 Å². The molecule has 0 unspecified atom stereocenters. The van der Waals surface area contributed by atoms with E-state index in [9.17, 15) is 0 Å². The largest absolute Gasteiger partial charge is 0.309 e. The molecule has 0 aliphatic heterocycles. The SMILES string of the molecule is c1ccc(-n2c3ccccc3ccc3cc4ccc5ccccc5n(-c5ccc6c7ccccc7n(-c7ccccn7)c6c5)c4cc32)nc1. The molecule has 5 heteroatoms. The summed E-state index contributed by atoms with van der Waals surface area (Å²) in [6.45, 7) is 0. The predicted molar refractivity (Wildman–Crippen MR) is 203 cm³/mol. The van der Waals surface area contributed by atoms with E-state index in [2.05, 4.69) is 153 Å². The van der Waals surface area contributed by atoms with E-state index in [0.717, 1.165) is 72.0 Å². The number of hydrogen-bond acceptors (Lipinski definition) is 2. The van der Waals surface area contributed by atoms with Crippen molar-refractivity contribution in [3.05, 3.63) is 176 Å². The lowest BCUT2D eigenvalue weighted by atomic mass is 10.1. The van der Waals surface area contributed by atoms with Gasteiger partial charge in [0.15, 0.2) is 0 Å². The predicted octanol–water partition coefficient (Wildman–Crippen LogP) is 10.9. The van der Waals surface area contributed by atoms with Crippen LogP contribution in [0.2, 0.25) is 0 Å². The van der Waals surface area contributed by atoms with Gasteiger partial charge < -0.3 is 4.57 Å². The van der Waals surface area contributed by atoms with Gasteiger partial charge in [0, 0.05) is 28.9 Å². The molecule has 0 fully saturated rings. The van der Waals surface area contributed by atoms with E-state index >= 15 is 0 Å². The lowest BCUT2D eigenvalue weighted by Crippen LogP contribution is -2.01. The maximum absolute atomic E-state index is 4.84. The van der Waals surface area contributed by atoms with Crippen molar-refractivity contribution in [1.29, 1.82) is 0 Å². The van der Waals surface area contributed by atoms with Crippen molar-refractivity contribution in [1.82, 2.24) is 23.7 Å². The van der Waals surface area contributed by atoms with E-state index < -0.39 is 0 Å². The van der Waals surface area contributed by atoms with Crippen LogP contribution in [0.5, 0.6) is 0 Å². The molecule has 0 saturated carbocycles. The zero-order chi connectivity index (χ0) is 32.3. The summed E-state index contributed by atoms with van der Waals surface area (Å²) in [5.41, 5.74) is 7.68. The second kappa shape index (κ2) is 10.9. The Balaban J connectivity index is 1.38. The van der Waals surface area contributed by atoms with Gasteiger partial charge in [-0.2, -0.15) is 0 Å². The molecule has 5 aromatic carbocycles. The van der Waals surface area contributed by atoms with E-state index in [1.165, 1.54) is 10.8 Å². The van der Waals surface area contributed by atoms with Crippen molar-refractivity contribution >= 4 is 65.4 Å². The van der Waals surface area contributed by atoms with Crippen molar-refractivity contribution < 1.29 is 0 Å². The van der Waals surface area contributed by atoms with Gasteiger partial charge in [-0.25, -0.2) is 9.97 Å². The fraction of sp³-hybridized carbons (Fsp3) is 0. The standard InChI is InChI=1S/C44H29N5/c1-4-14-37-30(11-1)19-21-32-27-33-22-20-31-12-2-5-15-38(31)48(43-17-7-9-25-45-43)41(33)29-40(32)47(37)34-23-24-36-35-13-3-6-16-39(35)49(42(36)28-34)44-18-8-10-26-46-44/h1-29H. The third-order valence-corrected chi connectivity index (χ3v) is 9.57. The number of pyridine rings is 2. The molecule has 0 atom stereocenters. The highest BCUT2D eigenvalue weighted by molar-refractivity contribution is 6.10.